The Bertz CT molecular complexity index is 803. The van der Waals surface area contributed by atoms with Crippen molar-refractivity contribution in [3.63, 3.8) is 0 Å². The summed E-state index contributed by atoms with van der Waals surface area (Å²) < 4.78 is 31.4. The highest BCUT2D eigenvalue weighted by Crippen LogP contribution is 2.27. The SMILES string of the molecule is COc1ccc(C(=O)Cc2ccc(F)c(F)c2)cc1NC(=O)C(C)C. The van der Waals surface area contributed by atoms with Crippen LogP contribution < -0.4 is 10.1 Å². The Morgan fingerprint density at radius 2 is 1.80 bits per heavy atom. The fraction of sp³-hybridized carbons (Fsp3) is 0.263. The van der Waals surface area contributed by atoms with Gasteiger partial charge in [0.2, 0.25) is 5.91 Å². The second kappa shape index (κ2) is 7.88. The molecule has 0 unspecified atom stereocenters. The van der Waals surface area contributed by atoms with Gasteiger partial charge >= 0.3 is 0 Å². The molecule has 0 saturated heterocycles. The lowest BCUT2D eigenvalue weighted by Crippen LogP contribution is -2.18. The Morgan fingerprint density at radius 1 is 1.08 bits per heavy atom. The number of hydrogen-bond acceptors (Lipinski definition) is 3. The van der Waals surface area contributed by atoms with Crippen molar-refractivity contribution in [1.82, 2.24) is 0 Å². The number of Topliss-reactive ketones (excluding diaryl/α,β-unsaturated/α-hetero) is 1. The van der Waals surface area contributed by atoms with Gasteiger partial charge in [0, 0.05) is 17.9 Å². The Balaban J connectivity index is 2.24. The van der Waals surface area contributed by atoms with E-state index in [1.807, 2.05) is 0 Å². The number of carbonyl (C=O) groups excluding carboxylic acids is 2. The van der Waals surface area contributed by atoms with Crippen LogP contribution in [0, 0.1) is 17.6 Å². The maximum Gasteiger partial charge on any atom is 0.227 e. The minimum Gasteiger partial charge on any atom is -0.495 e. The van der Waals surface area contributed by atoms with Crippen molar-refractivity contribution in [2.45, 2.75) is 20.3 Å². The second-order valence-corrected chi connectivity index (χ2v) is 5.91. The van der Waals surface area contributed by atoms with Gasteiger partial charge in [0.25, 0.3) is 0 Å². The molecule has 2 aromatic rings. The van der Waals surface area contributed by atoms with Crippen LogP contribution in [0.3, 0.4) is 0 Å². The van der Waals surface area contributed by atoms with Crippen LogP contribution in [0.5, 0.6) is 5.75 Å². The zero-order valence-corrected chi connectivity index (χ0v) is 14.2. The van der Waals surface area contributed by atoms with Crippen molar-refractivity contribution in [3.05, 3.63) is 59.2 Å². The number of methoxy groups -OCH3 is 1. The molecule has 0 heterocycles. The van der Waals surface area contributed by atoms with E-state index in [1.165, 1.54) is 19.2 Å². The fourth-order valence-electron chi connectivity index (χ4n) is 2.19. The van der Waals surface area contributed by atoms with Crippen LogP contribution in [-0.2, 0) is 11.2 Å². The van der Waals surface area contributed by atoms with Gasteiger partial charge in [-0.2, -0.15) is 0 Å². The van der Waals surface area contributed by atoms with Crippen LogP contribution >= 0.6 is 0 Å². The number of hydrogen-bond donors (Lipinski definition) is 1. The number of rotatable bonds is 6. The first-order valence-electron chi connectivity index (χ1n) is 7.78. The van der Waals surface area contributed by atoms with E-state index in [2.05, 4.69) is 5.32 Å². The summed E-state index contributed by atoms with van der Waals surface area (Å²) in [5.74, 6) is -2.24. The number of carbonyl (C=O) groups is 2. The molecule has 132 valence electrons. The van der Waals surface area contributed by atoms with Gasteiger partial charge < -0.3 is 10.1 Å². The third kappa shape index (κ3) is 4.62. The summed E-state index contributed by atoms with van der Waals surface area (Å²) in [6.45, 7) is 3.50. The van der Waals surface area contributed by atoms with Gasteiger partial charge in [-0.05, 0) is 35.9 Å². The molecule has 25 heavy (non-hydrogen) atoms. The Morgan fingerprint density at radius 3 is 2.40 bits per heavy atom. The lowest BCUT2D eigenvalue weighted by atomic mass is 10.0. The minimum atomic E-state index is -0.995. The average molecular weight is 347 g/mol. The van der Waals surface area contributed by atoms with Crippen molar-refractivity contribution in [2.24, 2.45) is 5.92 Å². The molecule has 0 radical (unpaired) electrons. The molecule has 0 fully saturated rings. The number of nitrogens with one attached hydrogen (secondary N) is 1. The largest absolute Gasteiger partial charge is 0.495 e. The van der Waals surface area contributed by atoms with E-state index in [0.29, 0.717) is 22.6 Å². The molecule has 0 bridgehead atoms. The molecule has 0 aliphatic carbocycles. The number of anilines is 1. The van der Waals surface area contributed by atoms with Crippen molar-refractivity contribution >= 4 is 17.4 Å². The number of ether oxygens (including phenoxy) is 1. The number of halogens is 2. The molecule has 0 aliphatic rings. The zero-order valence-electron chi connectivity index (χ0n) is 14.2. The first-order valence-corrected chi connectivity index (χ1v) is 7.78. The van der Waals surface area contributed by atoms with Gasteiger partial charge in [0.15, 0.2) is 17.4 Å². The van der Waals surface area contributed by atoms with Crippen molar-refractivity contribution in [1.29, 1.82) is 0 Å². The molecular weight excluding hydrogens is 328 g/mol. The summed E-state index contributed by atoms with van der Waals surface area (Å²) in [5.41, 5.74) is 1.09. The van der Waals surface area contributed by atoms with Gasteiger partial charge in [-0.15, -0.1) is 0 Å². The summed E-state index contributed by atoms with van der Waals surface area (Å²) in [6, 6.07) is 8.00. The van der Waals surface area contributed by atoms with E-state index in [1.54, 1.807) is 26.0 Å². The molecule has 0 saturated carbocycles. The molecule has 1 amide bonds. The average Bonchev–Trinajstić information content (AvgIpc) is 2.58. The predicted molar refractivity (Wildman–Crippen MR) is 90.9 cm³/mol. The molecular formula is C19H19F2NO3. The highest BCUT2D eigenvalue weighted by Gasteiger charge is 2.15. The Kier molecular flexibility index (Phi) is 5.85. The van der Waals surface area contributed by atoms with Crippen molar-refractivity contribution in [3.8, 4) is 5.75 Å². The highest BCUT2D eigenvalue weighted by molar-refractivity contribution is 6.00. The number of benzene rings is 2. The summed E-state index contributed by atoms with van der Waals surface area (Å²) in [6.07, 6.45) is -0.0822. The number of ketones is 1. The van der Waals surface area contributed by atoms with Gasteiger partial charge in [0.05, 0.1) is 12.8 Å². The molecule has 0 aromatic heterocycles. The lowest BCUT2D eigenvalue weighted by Gasteiger charge is -2.13. The maximum atomic E-state index is 13.3. The maximum absolute atomic E-state index is 13.3. The molecule has 6 heteroatoms. The van der Waals surface area contributed by atoms with Gasteiger partial charge in [-0.3, -0.25) is 9.59 Å². The molecule has 0 aliphatic heterocycles. The first-order chi connectivity index (χ1) is 11.8. The quantitative estimate of drug-likeness (QED) is 0.804. The van der Waals surface area contributed by atoms with Crippen LogP contribution in [0.4, 0.5) is 14.5 Å². The Labute approximate surface area is 144 Å². The van der Waals surface area contributed by atoms with Crippen LogP contribution in [-0.4, -0.2) is 18.8 Å². The monoisotopic (exact) mass is 347 g/mol. The van der Waals surface area contributed by atoms with Crippen LogP contribution in [0.1, 0.15) is 29.8 Å². The van der Waals surface area contributed by atoms with E-state index in [0.717, 1.165) is 12.1 Å². The fourth-order valence-corrected chi connectivity index (χ4v) is 2.19. The first kappa shape index (κ1) is 18.6. The molecule has 0 atom stereocenters. The molecule has 1 N–H and O–H groups in total. The molecule has 4 nitrogen and oxygen atoms in total. The normalized spacial score (nSPS) is 10.6. The third-order valence-corrected chi connectivity index (χ3v) is 3.65. The summed E-state index contributed by atoms with van der Waals surface area (Å²) in [5, 5.41) is 2.71. The van der Waals surface area contributed by atoms with E-state index in [9.17, 15) is 18.4 Å². The van der Waals surface area contributed by atoms with E-state index in [-0.39, 0.29) is 24.0 Å². The predicted octanol–water partition coefficient (Wildman–Crippen LogP) is 3.99. The van der Waals surface area contributed by atoms with Crippen LogP contribution in [0.2, 0.25) is 0 Å². The third-order valence-electron chi connectivity index (χ3n) is 3.65. The van der Waals surface area contributed by atoms with E-state index < -0.39 is 11.6 Å². The summed E-state index contributed by atoms with van der Waals surface area (Å²) in [7, 11) is 1.46. The van der Waals surface area contributed by atoms with Crippen LogP contribution in [0.25, 0.3) is 0 Å². The minimum absolute atomic E-state index is 0.0822. The molecule has 0 spiro atoms. The van der Waals surface area contributed by atoms with E-state index >= 15 is 0 Å². The van der Waals surface area contributed by atoms with Crippen molar-refractivity contribution < 1.29 is 23.1 Å². The summed E-state index contributed by atoms with van der Waals surface area (Å²) >= 11 is 0. The zero-order chi connectivity index (χ0) is 18.6. The van der Waals surface area contributed by atoms with E-state index in [4.69, 9.17) is 4.74 Å². The second-order valence-electron chi connectivity index (χ2n) is 5.91. The molecule has 2 rings (SSSR count). The van der Waals surface area contributed by atoms with Gasteiger partial charge in [-0.25, -0.2) is 8.78 Å². The standard InChI is InChI=1S/C19H19F2NO3/c1-11(2)19(24)22-16-10-13(5-7-18(16)25-3)17(23)9-12-4-6-14(20)15(21)8-12/h4-8,10-11H,9H2,1-3H3,(H,22,24). The Hall–Kier alpha value is -2.76. The highest BCUT2D eigenvalue weighted by atomic mass is 19.2. The molecule has 2 aromatic carbocycles. The van der Waals surface area contributed by atoms with Crippen molar-refractivity contribution in [2.75, 3.05) is 12.4 Å². The topological polar surface area (TPSA) is 55.4 Å². The lowest BCUT2D eigenvalue weighted by molar-refractivity contribution is -0.118. The number of amides is 1. The summed E-state index contributed by atoms with van der Waals surface area (Å²) in [4.78, 5) is 24.3. The van der Waals surface area contributed by atoms with Gasteiger partial charge in [0.1, 0.15) is 5.75 Å². The van der Waals surface area contributed by atoms with Crippen LogP contribution in [0.15, 0.2) is 36.4 Å². The smallest absolute Gasteiger partial charge is 0.227 e. The van der Waals surface area contributed by atoms with Gasteiger partial charge in [-0.1, -0.05) is 19.9 Å².